The van der Waals surface area contributed by atoms with Crippen LogP contribution in [0.4, 0.5) is 0 Å². The highest BCUT2D eigenvalue weighted by atomic mass is 16.5. The minimum atomic E-state index is -0.996. The first kappa shape index (κ1) is 10.4. The Labute approximate surface area is 92.5 Å². The van der Waals surface area contributed by atoms with Gasteiger partial charge in [0.05, 0.1) is 0 Å². The van der Waals surface area contributed by atoms with Crippen LogP contribution in [0.2, 0.25) is 0 Å². The maximum atomic E-state index is 10.4. The molecule has 2 aromatic rings. The molecule has 2 rings (SSSR count). The summed E-state index contributed by atoms with van der Waals surface area (Å²) in [5, 5.41) is 9.49. The third kappa shape index (κ3) is 2.11. The molecule has 0 aliphatic rings. The van der Waals surface area contributed by atoms with Crippen molar-refractivity contribution in [3.05, 3.63) is 36.0 Å². The van der Waals surface area contributed by atoms with Crippen molar-refractivity contribution in [2.24, 2.45) is 0 Å². The fraction of sp³-hybridized carbons (Fsp3) is 0.167. The molecule has 0 saturated heterocycles. The highest BCUT2D eigenvalue weighted by Crippen LogP contribution is 2.23. The Hall–Kier alpha value is -2.10. The number of nitrogens with zero attached hydrogens (tertiary/aromatic N) is 1. The second-order valence-electron chi connectivity index (χ2n) is 3.46. The lowest BCUT2D eigenvalue weighted by Crippen LogP contribution is -2.09. The van der Waals surface area contributed by atoms with Gasteiger partial charge >= 0.3 is 5.97 Å². The molecular formula is C12H11NO3. The summed E-state index contributed by atoms with van der Waals surface area (Å²) >= 11 is 0. The number of hydrogen-bond donors (Lipinski definition) is 1. The molecule has 0 atom stereocenters. The van der Waals surface area contributed by atoms with Gasteiger partial charge in [-0.05, 0) is 19.1 Å². The number of carboxylic acids is 1. The fourth-order valence-electron chi connectivity index (χ4n) is 1.47. The molecule has 4 heteroatoms. The fourth-order valence-corrected chi connectivity index (χ4v) is 1.47. The van der Waals surface area contributed by atoms with Crippen molar-refractivity contribution in [3.8, 4) is 5.75 Å². The molecule has 0 unspecified atom stereocenters. The minimum absolute atomic E-state index is 0.352. The number of rotatable bonds is 3. The lowest BCUT2D eigenvalue weighted by atomic mass is 10.2. The zero-order valence-electron chi connectivity index (χ0n) is 8.80. The number of para-hydroxylation sites is 1. The molecule has 1 N–H and O–H groups in total. The van der Waals surface area contributed by atoms with Crippen molar-refractivity contribution in [1.29, 1.82) is 0 Å². The first-order valence-electron chi connectivity index (χ1n) is 4.88. The van der Waals surface area contributed by atoms with Gasteiger partial charge in [0, 0.05) is 11.1 Å². The summed E-state index contributed by atoms with van der Waals surface area (Å²) in [6.45, 7) is 1.53. The van der Waals surface area contributed by atoms with Crippen LogP contribution in [0.3, 0.4) is 0 Å². The number of benzene rings is 1. The van der Waals surface area contributed by atoms with Crippen LogP contribution in [-0.2, 0) is 4.79 Å². The van der Waals surface area contributed by atoms with Gasteiger partial charge in [0.2, 0.25) is 0 Å². The SMILES string of the molecule is Cc1ccc2cccc(OCC(=O)O)c2n1. The van der Waals surface area contributed by atoms with E-state index in [1.807, 2.05) is 31.2 Å². The molecule has 0 saturated carbocycles. The average Bonchev–Trinajstić information content (AvgIpc) is 2.26. The summed E-state index contributed by atoms with van der Waals surface area (Å²) in [4.78, 5) is 14.8. The molecule has 0 radical (unpaired) electrons. The summed E-state index contributed by atoms with van der Waals surface area (Å²) < 4.78 is 5.17. The van der Waals surface area contributed by atoms with E-state index in [0.717, 1.165) is 11.1 Å². The summed E-state index contributed by atoms with van der Waals surface area (Å²) in [6.07, 6.45) is 0. The van der Waals surface area contributed by atoms with Gasteiger partial charge in [-0.1, -0.05) is 18.2 Å². The number of aliphatic carboxylic acids is 1. The van der Waals surface area contributed by atoms with E-state index in [1.54, 1.807) is 6.07 Å². The van der Waals surface area contributed by atoms with Gasteiger partial charge in [0.25, 0.3) is 0 Å². The highest BCUT2D eigenvalue weighted by molar-refractivity contribution is 5.84. The Morgan fingerprint density at radius 2 is 2.19 bits per heavy atom. The van der Waals surface area contributed by atoms with Crippen molar-refractivity contribution < 1.29 is 14.6 Å². The number of carbonyl (C=O) groups is 1. The Morgan fingerprint density at radius 3 is 2.94 bits per heavy atom. The number of carboxylic acid groups (broad SMARTS) is 1. The van der Waals surface area contributed by atoms with E-state index in [-0.39, 0.29) is 6.61 Å². The van der Waals surface area contributed by atoms with Crippen LogP contribution in [0.1, 0.15) is 5.69 Å². The average molecular weight is 217 g/mol. The standard InChI is InChI=1S/C12H11NO3/c1-8-5-6-9-3-2-4-10(12(9)13-8)16-7-11(14)15/h2-6H,7H2,1H3,(H,14,15). The number of pyridine rings is 1. The third-order valence-electron chi connectivity index (χ3n) is 2.17. The minimum Gasteiger partial charge on any atom is -0.480 e. The predicted molar refractivity (Wildman–Crippen MR) is 59.6 cm³/mol. The second-order valence-corrected chi connectivity index (χ2v) is 3.46. The Balaban J connectivity index is 2.43. The highest BCUT2D eigenvalue weighted by Gasteiger charge is 2.05. The molecule has 0 fully saturated rings. The van der Waals surface area contributed by atoms with Gasteiger partial charge in [-0.2, -0.15) is 0 Å². The predicted octanol–water partition coefficient (Wildman–Crippen LogP) is 2.01. The summed E-state index contributed by atoms with van der Waals surface area (Å²) in [6, 6.07) is 9.29. The molecule has 1 heterocycles. The lowest BCUT2D eigenvalue weighted by Gasteiger charge is -2.06. The zero-order chi connectivity index (χ0) is 11.5. The maximum Gasteiger partial charge on any atom is 0.341 e. The largest absolute Gasteiger partial charge is 0.480 e. The van der Waals surface area contributed by atoms with Crippen LogP contribution in [0.25, 0.3) is 10.9 Å². The van der Waals surface area contributed by atoms with E-state index in [2.05, 4.69) is 4.98 Å². The number of ether oxygens (including phenoxy) is 1. The zero-order valence-corrected chi connectivity index (χ0v) is 8.80. The van der Waals surface area contributed by atoms with E-state index in [0.29, 0.717) is 11.3 Å². The monoisotopic (exact) mass is 217 g/mol. The van der Waals surface area contributed by atoms with Crippen LogP contribution < -0.4 is 4.74 Å². The molecule has 1 aromatic carbocycles. The summed E-state index contributed by atoms with van der Waals surface area (Å²) in [7, 11) is 0. The third-order valence-corrected chi connectivity index (χ3v) is 2.17. The van der Waals surface area contributed by atoms with Gasteiger partial charge in [-0.3, -0.25) is 0 Å². The van der Waals surface area contributed by atoms with Crippen LogP contribution in [-0.4, -0.2) is 22.7 Å². The van der Waals surface area contributed by atoms with E-state index in [1.165, 1.54) is 0 Å². The molecule has 0 spiro atoms. The topological polar surface area (TPSA) is 59.4 Å². The molecular weight excluding hydrogens is 206 g/mol. The van der Waals surface area contributed by atoms with Crippen molar-refractivity contribution in [2.45, 2.75) is 6.92 Å². The number of hydrogen-bond acceptors (Lipinski definition) is 3. The first-order chi connectivity index (χ1) is 7.66. The Bertz CT molecular complexity index is 537. The molecule has 0 bridgehead atoms. The maximum absolute atomic E-state index is 10.4. The van der Waals surface area contributed by atoms with Crippen molar-refractivity contribution in [3.63, 3.8) is 0 Å². The van der Waals surface area contributed by atoms with Crippen LogP contribution >= 0.6 is 0 Å². The van der Waals surface area contributed by atoms with Crippen LogP contribution in [0.5, 0.6) is 5.75 Å². The van der Waals surface area contributed by atoms with E-state index >= 15 is 0 Å². The molecule has 0 aliphatic carbocycles. The summed E-state index contributed by atoms with van der Waals surface area (Å²) in [5.74, 6) is -0.492. The second kappa shape index (κ2) is 4.18. The molecule has 0 aliphatic heterocycles. The lowest BCUT2D eigenvalue weighted by molar-refractivity contribution is -0.139. The molecule has 82 valence electrons. The van der Waals surface area contributed by atoms with Crippen molar-refractivity contribution in [2.75, 3.05) is 6.61 Å². The van der Waals surface area contributed by atoms with Gasteiger partial charge < -0.3 is 9.84 Å². The Morgan fingerprint density at radius 1 is 1.38 bits per heavy atom. The Kier molecular flexibility index (Phi) is 2.72. The number of aromatic nitrogens is 1. The smallest absolute Gasteiger partial charge is 0.341 e. The normalized spacial score (nSPS) is 10.3. The molecule has 4 nitrogen and oxygen atoms in total. The van der Waals surface area contributed by atoms with Crippen LogP contribution in [0, 0.1) is 6.92 Å². The summed E-state index contributed by atoms with van der Waals surface area (Å²) in [5.41, 5.74) is 1.57. The van der Waals surface area contributed by atoms with E-state index in [9.17, 15) is 4.79 Å². The van der Waals surface area contributed by atoms with Crippen molar-refractivity contribution >= 4 is 16.9 Å². The van der Waals surface area contributed by atoms with Gasteiger partial charge in [0.1, 0.15) is 11.3 Å². The molecule has 16 heavy (non-hydrogen) atoms. The number of fused-ring (bicyclic) bond motifs is 1. The number of aryl methyl sites for hydroxylation is 1. The van der Waals surface area contributed by atoms with Crippen LogP contribution in [0.15, 0.2) is 30.3 Å². The van der Waals surface area contributed by atoms with Gasteiger partial charge in [0.15, 0.2) is 6.61 Å². The molecule has 1 aromatic heterocycles. The first-order valence-corrected chi connectivity index (χ1v) is 4.88. The molecule has 0 amide bonds. The van der Waals surface area contributed by atoms with Crippen molar-refractivity contribution in [1.82, 2.24) is 4.98 Å². The van der Waals surface area contributed by atoms with E-state index < -0.39 is 5.97 Å². The van der Waals surface area contributed by atoms with E-state index in [4.69, 9.17) is 9.84 Å². The van der Waals surface area contributed by atoms with Gasteiger partial charge in [-0.25, -0.2) is 9.78 Å². The quantitative estimate of drug-likeness (QED) is 0.854. The van der Waals surface area contributed by atoms with Gasteiger partial charge in [-0.15, -0.1) is 0 Å².